The van der Waals surface area contributed by atoms with Crippen molar-refractivity contribution >= 4 is 21.8 Å². The van der Waals surface area contributed by atoms with Crippen molar-refractivity contribution in [2.24, 2.45) is 0 Å². The van der Waals surface area contributed by atoms with E-state index in [9.17, 15) is 14.3 Å². The fourth-order valence-electron chi connectivity index (χ4n) is 2.51. The third-order valence-corrected chi connectivity index (χ3v) is 4.35. The van der Waals surface area contributed by atoms with Gasteiger partial charge in [0, 0.05) is 24.0 Å². The second-order valence-corrected chi connectivity index (χ2v) is 6.49. The summed E-state index contributed by atoms with van der Waals surface area (Å²) in [7, 11) is 0. The Bertz CT molecular complexity index is 664. The monoisotopic (exact) mass is 393 g/mol. The average Bonchev–Trinajstić information content (AvgIpc) is 2.58. The van der Waals surface area contributed by atoms with Gasteiger partial charge in [-0.15, -0.1) is 0 Å². The van der Waals surface area contributed by atoms with Crippen LogP contribution in [0, 0.1) is 5.82 Å². The van der Waals surface area contributed by atoms with E-state index in [2.05, 4.69) is 15.9 Å². The molecule has 24 heavy (non-hydrogen) atoms. The van der Waals surface area contributed by atoms with Gasteiger partial charge in [-0.05, 0) is 36.1 Å². The second-order valence-electron chi connectivity index (χ2n) is 5.58. The number of aliphatic hydroxyl groups excluding tert-OH is 1. The SMILES string of the molecule is O=C(CCc1ccc(Br)cc1F)N(CCO)CCc1ccccc1. The fourth-order valence-corrected chi connectivity index (χ4v) is 2.85. The van der Waals surface area contributed by atoms with Gasteiger partial charge in [0.2, 0.25) is 5.91 Å². The largest absolute Gasteiger partial charge is 0.395 e. The van der Waals surface area contributed by atoms with E-state index >= 15 is 0 Å². The van der Waals surface area contributed by atoms with Crippen molar-refractivity contribution in [2.45, 2.75) is 19.3 Å². The summed E-state index contributed by atoms with van der Waals surface area (Å²) in [6, 6.07) is 14.8. The van der Waals surface area contributed by atoms with Gasteiger partial charge in [-0.2, -0.15) is 0 Å². The van der Waals surface area contributed by atoms with Crippen LogP contribution in [0.15, 0.2) is 53.0 Å². The average molecular weight is 394 g/mol. The van der Waals surface area contributed by atoms with Gasteiger partial charge in [-0.3, -0.25) is 4.79 Å². The molecule has 2 rings (SSSR count). The fraction of sp³-hybridized carbons (Fsp3) is 0.316. The molecule has 0 spiro atoms. The molecular formula is C19H21BrFNO2. The number of aliphatic hydroxyl groups is 1. The van der Waals surface area contributed by atoms with Crippen LogP contribution in [0.3, 0.4) is 0 Å². The maximum absolute atomic E-state index is 13.8. The predicted molar refractivity (Wildman–Crippen MR) is 96.2 cm³/mol. The van der Waals surface area contributed by atoms with Crippen molar-refractivity contribution in [1.29, 1.82) is 0 Å². The lowest BCUT2D eigenvalue weighted by molar-refractivity contribution is -0.131. The lowest BCUT2D eigenvalue weighted by Crippen LogP contribution is -2.35. The summed E-state index contributed by atoms with van der Waals surface area (Å²) >= 11 is 3.22. The predicted octanol–water partition coefficient (Wildman–Crippen LogP) is 3.58. The minimum Gasteiger partial charge on any atom is -0.395 e. The Balaban J connectivity index is 1.90. The molecule has 3 nitrogen and oxygen atoms in total. The standard InChI is InChI=1S/C19H21BrFNO2/c20-17-8-6-16(18(21)14-17)7-9-19(24)22(12-13-23)11-10-15-4-2-1-3-5-15/h1-6,8,14,23H,7,9-13H2. The first-order valence-corrected chi connectivity index (χ1v) is 8.76. The second kappa shape index (κ2) is 9.55. The molecule has 0 fully saturated rings. The molecule has 2 aromatic carbocycles. The molecule has 2 aromatic rings. The van der Waals surface area contributed by atoms with E-state index < -0.39 is 0 Å². The van der Waals surface area contributed by atoms with Crippen LogP contribution in [0.5, 0.6) is 0 Å². The van der Waals surface area contributed by atoms with Crippen molar-refractivity contribution in [3.63, 3.8) is 0 Å². The first-order chi connectivity index (χ1) is 11.6. The Hall–Kier alpha value is -1.72. The smallest absolute Gasteiger partial charge is 0.222 e. The Morgan fingerprint density at radius 2 is 1.83 bits per heavy atom. The molecule has 0 aliphatic carbocycles. The van der Waals surface area contributed by atoms with Crippen LogP contribution in [0.4, 0.5) is 4.39 Å². The maximum atomic E-state index is 13.8. The zero-order chi connectivity index (χ0) is 17.4. The molecule has 0 aliphatic rings. The Kier molecular flexibility index (Phi) is 7.40. The Morgan fingerprint density at radius 1 is 1.08 bits per heavy atom. The number of hydrogen-bond acceptors (Lipinski definition) is 2. The minimum absolute atomic E-state index is 0.0673. The third-order valence-electron chi connectivity index (χ3n) is 3.86. The topological polar surface area (TPSA) is 40.5 Å². The molecule has 1 amide bonds. The van der Waals surface area contributed by atoms with E-state index in [0.29, 0.717) is 29.5 Å². The summed E-state index contributed by atoms with van der Waals surface area (Å²) in [5.41, 5.74) is 1.67. The molecule has 0 aromatic heterocycles. The normalized spacial score (nSPS) is 10.6. The van der Waals surface area contributed by atoms with Crippen LogP contribution in [0.1, 0.15) is 17.5 Å². The van der Waals surface area contributed by atoms with Crippen molar-refractivity contribution in [3.05, 3.63) is 69.9 Å². The van der Waals surface area contributed by atoms with E-state index in [1.54, 1.807) is 17.0 Å². The lowest BCUT2D eigenvalue weighted by Gasteiger charge is -2.22. The van der Waals surface area contributed by atoms with Crippen molar-refractivity contribution in [2.75, 3.05) is 19.7 Å². The summed E-state index contributed by atoms with van der Waals surface area (Å²) in [6.07, 6.45) is 1.32. The highest BCUT2D eigenvalue weighted by Crippen LogP contribution is 2.17. The van der Waals surface area contributed by atoms with Gasteiger partial charge in [-0.25, -0.2) is 4.39 Å². The Morgan fingerprint density at radius 3 is 2.50 bits per heavy atom. The summed E-state index contributed by atoms with van der Waals surface area (Å²) in [6.45, 7) is 0.772. The van der Waals surface area contributed by atoms with Crippen LogP contribution in [0.25, 0.3) is 0 Å². The molecule has 0 radical (unpaired) electrons. The van der Waals surface area contributed by atoms with Gasteiger partial charge in [0.15, 0.2) is 0 Å². The van der Waals surface area contributed by atoms with E-state index in [1.807, 2.05) is 30.3 Å². The number of benzene rings is 2. The molecule has 1 N–H and O–H groups in total. The summed E-state index contributed by atoms with van der Waals surface area (Å²) in [5, 5.41) is 9.18. The molecule has 0 aliphatic heterocycles. The van der Waals surface area contributed by atoms with Crippen LogP contribution in [0.2, 0.25) is 0 Å². The van der Waals surface area contributed by atoms with Gasteiger partial charge in [0.1, 0.15) is 5.82 Å². The quantitative estimate of drug-likeness (QED) is 0.744. The molecule has 0 saturated heterocycles. The highest BCUT2D eigenvalue weighted by atomic mass is 79.9. The van der Waals surface area contributed by atoms with Gasteiger partial charge in [-0.1, -0.05) is 52.3 Å². The number of amides is 1. The zero-order valence-corrected chi connectivity index (χ0v) is 15.0. The highest BCUT2D eigenvalue weighted by molar-refractivity contribution is 9.10. The van der Waals surface area contributed by atoms with Crippen LogP contribution in [-0.2, 0) is 17.6 Å². The number of aryl methyl sites for hydroxylation is 1. The lowest BCUT2D eigenvalue weighted by atomic mass is 10.1. The molecular weight excluding hydrogens is 373 g/mol. The van der Waals surface area contributed by atoms with Crippen LogP contribution >= 0.6 is 15.9 Å². The van der Waals surface area contributed by atoms with Crippen molar-refractivity contribution < 1.29 is 14.3 Å². The number of carbonyl (C=O) groups is 1. The minimum atomic E-state index is -0.310. The summed E-state index contributed by atoms with van der Waals surface area (Å²) < 4.78 is 14.5. The van der Waals surface area contributed by atoms with E-state index in [1.165, 1.54) is 6.07 Å². The summed E-state index contributed by atoms with van der Waals surface area (Å²) in [5.74, 6) is -0.377. The van der Waals surface area contributed by atoms with Crippen LogP contribution in [-0.4, -0.2) is 35.6 Å². The number of carbonyl (C=O) groups excluding carboxylic acids is 1. The first-order valence-electron chi connectivity index (χ1n) is 7.96. The van der Waals surface area contributed by atoms with Crippen LogP contribution < -0.4 is 0 Å². The molecule has 128 valence electrons. The van der Waals surface area contributed by atoms with Gasteiger partial charge in [0.25, 0.3) is 0 Å². The van der Waals surface area contributed by atoms with Gasteiger partial charge >= 0.3 is 0 Å². The van der Waals surface area contributed by atoms with Gasteiger partial charge < -0.3 is 10.0 Å². The number of rotatable bonds is 8. The van der Waals surface area contributed by atoms with Crippen molar-refractivity contribution in [1.82, 2.24) is 4.90 Å². The van der Waals surface area contributed by atoms with E-state index in [4.69, 9.17) is 0 Å². The number of hydrogen-bond donors (Lipinski definition) is 1. The number of nitrogens with zero attached hydrogens (tertiary/aromatic N) is 1. The zero-order valence-electron chi connectivity index (χ0n) is 13.4. The molecule has 5 heteroatoms. The van der Waals surface area contributed by atoms with Gasteiger partial charge in [0.05, 0.1) is 6.61 Å². The highest BCUT2D eigenvalue weighted by Gasteiger charge is 2.14. The molecule has 0 unspecified atom stereocenters. The van der Waals surface area contributed by atoms with Crippen molar-refractivity contribution in [3.8, 4) is 0 Å². The first kappa shape index (κ1) is 18.6. The molecule has 0 bridgehead atoms. The summed E-state index contributed by atoms with van der Waals surface area (Å²) in [4.78, 5) is 14.0. The number of halogens is 2. The van der Waals surface area contributed by atoms with E-state index in [0.717, 1.165) is 12.0 Å². The Labute approximate surface area is 150 Å². The maximum Gasteiger partial charge on any atom is 0.222 e. The molecule has 0 heterocycles. The molecule has 0 saturated carbocycles. The van der Waals surface area contributed by atoms with E-state index in [-0.39, 0.29) is 24.8 Å². The molecule has 0 atom stereocenters. The third kappa shape index (κ3) is 5.73.